The number of carbonyl (C=O) groups is 1. The summed E-state index contributed by atoms with van der Waals surface area (Å²) in [5.41, 5.74) is 1.84. The van der Waals surface area contributed by atoms with Crippen molar-refractivity contribution in [2.75, 3.05) is 26.4 Å². The van der Waals surface area contributed by atoms with Crippen LogP contribution in [0.25, 0.3) is 10.9 Å². The number of hydrogen-bond acceptors (Lipinski definition) is 3. The molecule has 1 aromatic heterocycles. The van der Waals surface area contributed by atoms with Crippen LogP contribution in [0.1, 0.15) is 12.0 Å². The summed E-state index contributed by atoms with van der Waals surface area (Å²) >= 11 is 6.25. The molecule has 1 unspecified atom stereocenters. The van der Waals surface area contributed by atoms with Gasteiger partial charge < -0.3 is 19.7 Å². The van der Waals surface area contributed by atoms with Gasteiger partial charge in [0.15, 0.2) is 0 Å². The fourth-order valence-corrected chi connectivity index (χ4v) is 3.28. The van der Waals surface area contributed by atoms with Crippen LogP contribution in [0.4, 0.5) is 0 Å². The van der Waals surface area contributed by atoms with Gasteiger partial charge in [0.25, 0.3) is 0 Å². The van der Waals surface area contributed by atoms with Crippen LogP contribution in [-0.2, 0) is 16.0 Å². The zero-order valence-corrected chi connectivity index (χ0v) is 13.0. The van der Waals surface area contributed by atoms with Crippen LogP contribution in [0, 0.1) is 0 Å². The van der Waals surface area contributed by atoms with Crippen molar-refractivity contribution in [1.82, 2.24) is 9.88 Å². The van der Waals surface area contributed by atoms with E-state index in [1.807, 2.05) is 29.3 Å². The van der Waals surface area contributed by atoms with E-state index in [-0.39, 0.29) is 18.6 Å². The van der Waals surface area contributed by atoms with Gasteiger partial charge in [-0.25, -0.2) is 0 Å². The Bertz CT molecular complexity index is 668. The fraction of sp³-hybridized carbons (Fsp3) is 0.438. The Labute approximate surface area is 133 Å². The van der Waals surface area contributed by atoms with Gasteiger partial charge >= 0.3 is 0 Å². The van der Waals surface area contributed by atoms with Gasteiger partial charge in [-0.2, -0.15) is 0 Å². The molecule has 2 heterocycles. The van der Waals surface area contributed by atoms with Crippen LogP contribution < -0.4 is 0 Å². The normalized spacial score (nSPS) is 18.8. The molecule has 1 aliphatic heterocycles. The number of aromatic amines is 1. The van der Waals surface area contributed by atoms with Crippen molar-refractivity contribution in [3.05, 3.63) is 35.0 Å². The highest BCUT2D eigenvalue weighted by molar-refractivity contribution is 6.35. The fourth-order valence-electron chi connectivity index (χ4n) is 2.98. The van der Waals surface area contributed by atoms with Crippen LogP contribution in [0.5, 0.6) is 0 Å². The molecule has 0 aliphatic carbocycles. The lowest BCUT2D eigenvalue weighted by molar-refractivity contribution is -0.139. The molecule has 0 saturated carbocycles. The zero-order chi connectivity index (χ0) is 15.5. The molecule has 1 amide bonds. The molecule has 1 saturated heterocycles. The summed E-state index contributed by atoms with van der Waals surface area (Å²) in [5, 5.41) is 10.7. The first-order valence-electron chi connectivity index (χ1n) is 7.43. The second-order valence-corrected chi connectivity index (χ2v) is 5.89. The lowest BCUT2D eigenvalue weighted by atomic mass is 10.1. The highest BCUT2D eigenvalue weighted by atomic mass is 35.5. The third-order valence-electron chi connectivity index (χ3n) is 4.09. The van der Waals surface area contributed by atoms with E-state index in [1.54, 1.807) is 0 Å². The van der Waals surface area contributed by atoms with E-state index in [4.69, 9.17) is 21.4 Å². The summed E-state index contributed by atoms with van der Waals surface area (Å²) in [6.07, 6.45) is 2.68. The van der Waals surface area contributed by atoms with Crippen LogP contribution in [0.2, 0.25) is 5.02 Å². The monoisotopic (exact) mass is 322 g/mol. The maximum Gasteiger partial charge on any atom is 0.227 e. The first-order valence-corrected chi connectivity index (χ1v) is 7.81. The van der Waals surface area contributed by atoms with Crippen LogP contribution in [-0.4, -0.2) is 53.3 Å². The number of nitrogens with one attached hydrogen (secondary N) is 1. The Morgan fingerprint density at radius 3 is 3.18 bits per heavy atom. The summed E-state index contributed by atoms with van der Waals surface area (Å²) in [7, 11) is 0. The highest BCUT2D eigenvalue weighted by Gasteiger charge is 2.27. The molecule has 1 aromatic carbocycles. The molecule has 0 spiro atoms. The molecular weight excluding hydrogens is 304 g/mol. The molecule has 5 nitrogen and oxygen atoms in total. The van der Waals surface area contributed by atoms with Gasteiger partial charge in [-0.1, -0.05) is 17.7 Å². The number of aliphatic hydroxyl groups excluding tert-OH is 1. The van der Waals surface area contributed by atoms with E-state index in [0.29, 0.717) is 37.6 Å². The number of fused-ring (bicyclic) bond motifs is 1. The van der Waals surface area contributed by atoms with Crippen LogP contribution in [0.3, 0.4) is 0 Å². The Kier molecular flexibility index (Phi) is 4.66. The predicted octanol–water partition coefficient (Wildman–Crippen LogP) is 1.97. The SMILES string of the molecule is O=C(Cc1c[nH]c2cccc(Cl)c12)N1CCOCC1CCO. The topological polar surface area (TPSA) is 65.6 Å². The molecule has 1 atom stereocenters. The average molecular weight is 323 g/mol. The summed E-state index contributed by atoms with van der Waals surface area (Å²) in [4.78, 5) is 17.6. The lowest BCUT2D eigenvalue weighted by Gasteiger charge is -2.35. The van der Waals surface area contributed by atoms with Gasteiger partial charge in [0.1, 0.15) is 0 Å². The molecule has 0 radical (unpaired) electrons. The molecule has 2 aromatic rings. The molecule has 1 fully saturated rings. The van der Waals surface area contributed by atoms with Crippen molar-refractivity contribution in [3.8, 4) is 0 Å². The number of hydrogen-bond donors (Lipinski definition) is 2. The summed E-state index contributed by atoms with van der Waals surface area (Å²) < 4.78 is 5.41. The Balaban J connectivity index is 1.80. The maximum atomic E-state index is 12.6. The van der Waals surface area contributed by atoms with Gasteiger partial charge in [-0.15, -0.1) is 0 Å². The molecule has 2 N–H and O–H groups in total. The molecule has 6 heteroatoms. The lowest BCUT2D eigenvalue weighted by Crippen LogP contribution is -2.49. The first kappa shape index (κ1) is 15.3. The third kappa shape index (κ3) is 2.97. The number of H-pyrrole nitrogens is 1. The van der Waals surface area contributed by atoms with Crippen molar-refractivity contribution in [2.24, 2.45) is 0 Å². The van der Waals surface area contributed by atoms with E-state index in [1.165, 1.54) is 0 Å². The van der Waals surface area contributed by atoms with Crippen molar-refractivity contribution >= 4 is 28.4 Å². The highest BCUT2D eigenvalue weighted by Crippen LogP contribution is 2.27. The average Bonchev–Trinajstić information content (AvgIpc) is 2.92. The van der Waals surface area contributed by atoms with E-state index in [9.17, 15) is 4.79 Å². The van der Waals surface area contributed by atoms with Gasteiger partial charge in [-0.05, 0) is 24.1 Å². The van der Waals surface area contributed by atoms with Gasteiger partial charge in [0.2, 0.25) is 5.91 Å². The second kappa shape index (κ2) is 6.69. The maximum absolute atomic E-state index is 12.6. The molecule has 118 valence electrons. The number of amides is 1. The van der Waals surface area contributed by atoms with Crippen LogP contribution >= 0.6 is 11.6 Å². The molecular formula is C16H19ClN2O3. The number of nitrogens with zero attached hydrogens (tertiary/aromatic N) is 1. The van der Waals surface area contributed by atoms with E-state index in [2.05, 4.69) is 4.98 Å². The molecule has 3 rings (SSSR count). The minimum absolute atomic E-state index is 0.0440. The number of carbonyl (C=O) groups excluding carboxylic acids is 1. The first-order chi connectivity index (χ1) is 10.7. The molecule has 22 heavy (non-hydrogen) atoms. The van der Waals surface area contributed by atoms with Gasteiger partial charge in [0, 0.05) is 30.3 Å². The summed E-state index contributed by atoms with van der Waals surface area (Å²) in [6, 6.07) is 5.60. The number of benzene rings is 1. The Morgan fingerprint density at radius 2 is 2.36 bits per heavy atom. The second-order valence-electron chi connectivity index (χ2n) is 5.48. The number of morpholine rings is 1. The minimum atomic E-state index is -0.0491. The van der Waals surface area contributed by atoms with Gasteiger partial charge in [-0.3, -0.25) is 4.79 Å². The zero-order valence-electron chi connectivity index (χ0n) is 12.2. The van der Waals surface area contributed by atoms with E-state index < -0.39 is 0 Å². The number of halogens is 1. The number of rotatable bonds is 4. The van der Waals surface area contributed by atoms with Crippen molar-refractivity contribution in [2.45, 2.75) is 18.9 Å². The standard InChI is InChI=1S/C16H19ClN2O3/c17-13-2-1-3-14-16(13)11(9-18-14)8-15(21)19-5-7-22-10-12(19)4-6-20/h1-3,9,12,18,20H,4-8,10H2. The quantitative estimate of drug-likeness (QED) is 0.904. The Morgan fingerprint density at radius 1 is 1.50 bits per heavy atom. The van der Waals surface area contributed by atoms with Crippen molar-refractivity contribution < 1.29 is 14.6 Å². The van der Waals surface area contributed by atoms with E-state index in [0.717, 1.165) is 16.5 Å². The van der Waals surface area contributed by atoms with Crippen molar-refractivity contribution in [3.63, 3.8) is 0 Å². The number of aliphatic hydroxyl groups is 1. The summed E-state index contributed by atoms with van der Waals surface area (Å²) in [6.45, 7) is 1.65. The van der Waals surface area contributed by atoms with Gasteiger partial charge in [0.05, 0.1) is 30.7 Å². The number of aromatic nitrogens is 1. The minimum Gasteiger partial charge on any atom is -0.396 e. The smallest absolute Gasteiger partial charge is 0.227 e. The Hall–Kier alpha value is -1.56. The molecule has 1 aliphatic rings. The third-order valence-corrected chi connectivity index (χ3v) is 4.40. The van der Waals surface area contributed by atoms with E-state index >= 15 is 0 Å². The predicted molar refractivity (Wildman–Crippen MR) is 85.0 cm³/mol. The molecule has 0 bridgehead atoms. The number of ether oxygens (including phenoxy) is 1. The largest absolute Gasteiger partial charge is 0.396 e. The van der Waals surface area contributed by atoms with Crippen LogP contribution in [0.15, 0.2) is 24.4 Å². The van der Waals surface area contributed by atoms with Crippen molar-refractivity contribution in [1.29, 1.82) is 0 Å². The summed E-state index contributed by atoms with van der Waals surface area (Å²) in [5.74, 6) is 0.0440.